The summed E-state index contributed by atoms with van der Waals surface area (Å²) in [6.07, 6.45) is 2.73. The van der Waals surface area contributed by atoms with E-state index in [0.29, 0.717) is 6.54 Å². The second kappa shape index (κ2) is 4.47. The molecular formula is C11H12ClN3. The van der Waals surface area contributed by atoms with Crippen molar-refractivity contribution in [1.29, 1.82) is 0 Å². The Balaban J connectivity index is 2.25. The molecule has 4 heteroatoms. The van der Waals surface area contributed by atoms with Gasteiger partial charge in [-0.3, -0.25) is 0 Å². The SMILES string of the molecule is NCCc1ccn(-c2ccc(Cl)cc2)n1. The third-order valence-corrected chi connectivity index (χ3v) is 2.39. The average Bonchev–Trinajstić information content (AvgIpc) is 2.68. The normalized spacial score (nSPS) is 10.5. The quantitative estimate of drug-likeness (QED) is 0.862. The summed E-state index contributed by atoms with van der Waals surface area (Å²) in [5.41, 5.74) is 7.47. The van der Waals surface area contributed by atoms with Crippen molar-refractivity contribution in [2.75, 3.05) is 6.54 Å². The van der Waals surface area contributed by atoms with Crippen LogP contribution in [-0.4, -0.2) is 16.3 Å². The van der Waals surface area contributed by atoms with Gasteiger partial charge in [-0.15, -0.1) is 0 Å². The van der Waals surface area contributed by atoms with E-state index in [1.165, 1.54) is 0 Å². The molecule has 0 aliphatic carbocycles. The maximum Gasteiger partial charge on any atom is 0.0646 e. The predicted octanol–water partition coefficient (Wildman–Crippen LogP) is 2.03. The molecule has 0 bridgehead atoms. The summed E-state index contributed by atoms with van der Waals surface area (Å²) < 4.78 is 1.82. The van der Waals surface area contributed by atoms with Crippen molar-refractivity contribution in [3.63, 3.8) is 0 Å². The number of rotatable bonds is 3. The van der Waals surface area contributed by atoms with Crippen LogP contribution in [0.25, 0.3) is 5.69 Å². The van der Waals surface area contributed by atoms with Crippen molar-refractivity contribution >= 4 is 11.6 Å². The Labute approximate surface area is 93.5 Å². The van der Waals surface area contributed by atoms with Gasteiger partial charge in [0, 0.05) is 17.6 Å². The summed E-state index contributed by atoms with van der Waals surface area (Å²) in [7, 11) is 0. The van der Waals surface area contributed by atoms with Gasteiger partial charge in [-0.25, -0.2) is 4.68 Å². The number of halogens is 1. The first kappa shape index (κ1) is 10.2. The van der Waals surface area contributed by atoms with Gasteiger partial charge in [0.1, 0.15) is 0 Å². The Bertz CT molecular complexity index is 433. The lowest BCUT2D eigenvalue weighted by Gasteiger charge is -2.00. The van der Waals surface area contributed by atoms with Crippen molar-refractivity contribution in [3.05, 3.63) is 47.2 Å². The highest BCUT2D eigenvalue weighted by Gasteiger charge is 1.99. The van der Waals surface area contributed by atoms with E-state index in [4.69, 9.17) is 17.3 Å². The van der Waals surface area contributed by atoms with E-state index < -0.39 is 0 Å². The molecule has 0 radical (unpaired) electrons. The maximum atomic E-state index is 5.81. The van der Waals surface area contributed by atoms with Crippen molar-refractivity contribution in [2.45, 2.75) is 6.42 Å². The van der Waals surface area contributed by atoms with E-state index in [9.17, 15) is 0 Å². The van der Waals surface area contributed by atoms with E-state index in [0.717, 1.165) is 22.8 Å². The van der Waals surface area contributed by atoms with Gasteiger partial charge in [0.05, 0.1) is 11.4 Å². The highest BCUT2D eigenvalue weighted by molar-refractivity contribution is 6.30. The summed E-state index contributed by atoms with van der Waals surface area (Å²) in [4.78, 5) is 0. The van der Waals surface area contributed by atoms with Gasteiger partial charge in [0.25, 0.3) is 0 Å². The van der Waals surface area contributed by atoms with Gasteiger partial charge < -0.3 is 5.73 Å². The van der Waals surface area contributed by atoms with Crippen LogP contribution in [-0.2, 0) is 6.42 Å². The highest BCUT2D eigenvalue weighted by Crippen LogP contribution is 2.13. The third kappa shape index (κ3) is 2.37. The van der Waals surface area contributed by atoms with Crippen molar-refractivity contribution in [3.8, 4) is 5.69 Å². The predicted molar refractivity (Wildman–Crippen MR) is 61.3 cm³/mol. The van der Waals surface area contributed by atoms with E-state index in [-0.39, 0.29) is 0 Å². The van der Waals surface area contributed by atoms with Crippen LogP contribution in [0.4, 0.5) is 0 Å². The standard InChI is InChI=1S/C11H12ClN3/c12-9-1-3-11(4-2-9)15-8-6-10(14-15)5-7-13/h1-4,6,8H,5,7,13H2. The highest BCUT2D eigenvalue weighted by atomic mass is 35.5. The van der Waals surface area contributed by atoms with Crippen LogP contribution in [0.2, 0.25) is 5.02 Å². The Morgan fingerprint density at radius 2 is 1.93 bits per heavy atom. The maximum absolute atomic E-state index is 5.81. The van der Waals surface area contributed by atoms with Crippen LogP contribution >= 0.6 is 11.6 Å². The van der Waals surface area contributed by atoms with Crippen LogP contribution in [0.5, 0.6) is 0 Å². The number of aromatic nitrogens is 2. The molecule has 3 nitrogen and oxygen atoms in total. The number of nitrogens with zero attached hydrogens (tertiary/aromatic N) is 2. The minimum Gasteiger partial charge on any atom is -0.330 e. The molecule has 1 aromatic carbocycles. The average molecular weight is 222 g/mol. The topological polar surface area (TPSA) is 43.8 Å². The first-order valence-corrected chi connectivity index (χ1v) is 5.18. The van der Waals surface area contributed by atoms with Gasteiger partial charge in [-0.05, 0) is 36.9 Å². The van der Waals surface area contributed by atoms with E-state index in [1.807, 2.05) is 41.2 Å². The Kier molecular flexibility index (Phi) is 3.04. The summed E-state index contributed by atoms with van der Waals surface area (Å²) in [6, 6.07) is 9.53. The van der Waals surface area contributed by atoms with Crippen LogP contribution in [0.1, 0.15) is 5.69 Å². The Morgan fingerprint density at radius 1 is 1.20 bits per heavy atom. The van der Waals surface area contributed by atoms with Gasteiger partial charge in [-0.1, -0.05) is 11.6 Å². The van der Waals surface area contributed by atoms with Gasteiger partial charge in [-0.2, -0.15) is 5.10 Å². The minimum absolute atomic E-state index is 0.623. The smallest absolute Gasteiger partial charge is 0.0646 e. The van der Waals surface area contributed by atoms with Crippen LogP contribution in [0, 0.1) is 0 Å². The molecule has 0 unspecified atom stereocenters. The zero-order valence-electron chi connectivity index (χ0n) is 8.23. The molecule has 1 aromatic heterocycles. The molecule has 0 aliphatic heterocycles. The lowest BCUT2D eigenvalue weighted by molar-refractivity contribution is 0.822. The lowest BCUT2D eigenvalue weighted by atomic mass is 10.3. The van der Waals surface area contributed by atoms with Crippen molar-refractivity contribution < 1.29 is 0 Å². The number of nitrogens with two attached hydrogens (primary N) is 1. The molecule has 15 heavy (non-hydrogen) atoms. The Morgan fingerprint density at radius 3 is 2.60 bits per heavy atom. The molecule has 0 aliphatic rings. The second-order valence-electron chi connectivity index (χ2n) is 3.27. The number of hydrogen-bond acceptors (Lipinski definition) is 2. The van der Waals surface area contributed by atoms with Crippen molar-refractivity contribution in [2.24, 2.45) is 5.73 Å². The van der Waals surface area contributed by atoms with Crippen molar-refractivity contribution in [1.82, 2.24) is 9.78 Å². The molecule has 2 aromatic rings. The monoisotopic (exact) mass is 221 g/mol. The zero-order chi connectivity index (χ0) is 10.7. The van der Waals surface area contributed by atoms with Gasteiger partial charge in [0.2, 0.25) is 0 Å². The summed E-state index contributed by atoms with van der Waals surface area (Å²) >= 11 is 5.81. The fourth-order valence-electron chi connectivity index (χ4n) is 1.38. The number of hydrogen-bond donors (Lipinski definition) is 1. The molecule has 0 saturated heterocycles. The second-order valence-corrected chi connectivity index (χ2v) is 3.70. The molecule has 0 atom stereocenters. The molecule has 2 rings (SSSR count). The minimum atomic E-state index is 0.623. The third-order valence-electron chi connectivity index (χ3n) is 2.14. The molecule has 2 N–H and O–H groups in total. The molecule has 0 spiro atoms. The van der Waals surface area contributed by atoms with Crippen LogP contribution < -0.4 is 5.73 Å². The van der Waals surface area contributed by atoms with E-state index in [1.54, 1.807) is 0 Å². The molecule has 0 fully saturated rings. The first-order valence-electron chi connectivity index (χ1n) is 4.80. The summed E-state index contributed by atoms with van der Waals surface area (Å²) in [5, 5.41) is 5.12. The van der Waals surface area contributed by atoms with Crippen LogP contribution in [0.3, 0.4) is 0 Å². The molecule has 1 heterocycles. The largest absolute Gasteiger partial charge is 0.330 e. The molecule has 0 amide bonds. The molecule has 0 saturated carbocycles. The fourth-order valence-corrected chi connectivity index (χ4v) is 1.51. The molecule has 78 valence electrons. The summed E-state index contributed by atoms with van der Waals surface area (Å²) in [6.45, 7) is 0.623. The van der Waals surface area contributed by atoms with E-state index in [2.05, 4.69) is 5.10 Å². The fraction of sp³-hybridized carbons (Fsp3) is 0.182. The zero-order valence-corrected chi connectivity index (χ0v) is 8.98. The van der Waals surface area contributed by atoms with Gasteiger partial charge >= 0.3 is 0 Å². The number of benzene rings is 1. The first-order chi connectivity index (χ1) is 7.29. The molecular weight excluding hydrogens is 210 g/mol. The van der Waals surface area contributed by atoms with Crippen LogP contribution in [0.15, 0.2) is 36.5 Å². The Hall–Kier alpha value is -1.32. The summed E-state index contributed by atoms with van der Waals surface area (Å²) in [5.74, 6) is 0. The van der Waals surface area contributed by atoms with E-state index >= 15 is 0 Å². The van der Waals surface area contributed by atoms with Gasteiger partial charge in [0.15, 0.2) is 0 Å². The lowest BCUT2D eigenvalue weighted by Crippen LogP contribution is -2.04.